The number of halogens is 1. The number of hydrogen-bond acceptors (Lipinski definition) is 17. The van der Waals surface area contributed by atoms with Crippen LogP contribution in [0.1, 0.15) is 61.1 Å². The SMILES string of the molecule is CC(C)OC(=O)OCOP(=O)(OCOC(=O)OC(C)C)OC[C@@H]1O[C@@](C#N)(c2cc(I)c3c(N)ncnn23)[C@@H](C(C)(C)C(=O)O)[C@@H]1C(C)(C)C(=O)O. The van der Waals surface area contributed by atoms with E-state index in [0.717, 1.165) is 6.33 Å². The van der Waals surface area contributed by atoms with Crippen molar-refractivity contribution >= 4 is 66.0 Å². The van der Waals surface area contributed by atoms with Crippen LogP contribution in [0.4, 0.5) is 15.4 Å². The highest BCUT2D eigenvalue weighted by Crippen LogP contribution is 2.61. The van der Waals surface area contributed by atoms with Crippen molar-refractivity contribution in [1.82, 2.24) is 14.6 Å². The Kier molecular flexibility index (Phi) is 13.5. The molecule has 3 rings (SSSR count). The molecule has 2 aromatic rings. The lowest BCUT2D eigenvalue weighted by atomic mass is 9.57. The van der Waals surface area contributed by atoms with Crippen LogP contribution in [-0.2, 0) is 57.0 Å². The molecule has 0 aliphatic carbocycles. The maximum atomic E-state index is 13.9. The topological polar surface area (TPSA) is 280 Å². The van der Waals surface area contributed by atoms with Crippen LogP contribution in [0.2, 0.25) is 0 Å². The molecule has 0 amide bonds. The second kappa shape index (κ2) is 16.5. The van der Waals surface area contributed by atoms with Crippen LogP contribution in [0.3, 0.4) is 0 Å². The number of phosphoric ester groups is 1. The average Bonchev–Trinajstić information content (AvgIpc) is 3.56. The maximum absolute atomic E-state index is 13.9. The number of ether oxygens (including phenoxy) is 5. The van der Waals surface area contributed by atoms with Gasteiger partial charge in [-0.2, -0.15) is 10.4 Å². The van der Waals surface area contributed by atoms with Crippen LogP contribution >= 0.6 is 30.4 Å². The number of carboxylic acids is 2. The molecule has 0 unspecified atom stereocenters. The molecule has 2 aromatic heterocycles. The van der Waals surface area contributed by atoms with Crippen molar-refractivity contribution < 1.29 is 71.2 Å². The van der Waals surface area contributed by atoms with E-state index in [4.69, 9.17) is 43.0 Å². The zero-order chi connectivity index (χ0) is 39.4. The Morgan fingerprint density at radius 1 is 1.02 bits per heavy atom. The van der Waals surface area contributed by atoms with Crippen molar-refractivity contribution in [1.29, 1.82) is 5.26 Å². The Morgan fingerprint density at radius 3 is 2.00 bits per heavy atom. The first-order chi connectivity index (χ1) is 24.0. The third-order valence-electron chi connectivity index (χ3n) is 8.17. The van der Waals surface area contributed by atoms with E-state index >= 15 is 0 Å². The number of nitrogen functional groups attached to an aromatic ring is 1. The first-order valence-corrected chi connectivity index (χ1v) is 18.1. The molecule has 0 saturated carbocycles. The van der Waals surface area contributed by atoms with E-state index in [2.05, 4.69) is 16.2 Å². The van der Waals surface area contributed by atoms with Gasteiger partial charge in [0.2, 0.25) is 19.2 Å². The largest absolute Gasteiger partial charge is 0.510 e. The highest BCUT2D eigenvalue weighted by Gasteiger charge is 2.69. The molecule has 288 valence electrons. The predicted octanol–water partition coefficient (Wildman–Crippen LogP) is 4.68. The highest BCUT2D eigenvalue weighted by atomic mass is 127. The molecule has 0 spiro atoms. The van der Waals surface area contributed by atoms with Crippen LogP contribution in [-0.4, -0.2) is 87.6 Å². The smallest absolute Gasteiger partial charge is 0.481 e. The molecule has 1 aliphatic heterocycles. The molecular formula is C30H41IN5O15P. The quantitative estimate of drug-likeness (QED) is 0.0893. The molecule has 0 aromatic carbocycles. The second-order valence-corrected chi connectivity index (χ2v) is 16.0. The van der Waals surface area contributed by atoms with Crippen molar-refractivity contribution in [3.05, 3.63) is 21.7 Å². The monoisotopic (exact) mass is 869 g/mol. The van der Waals surface area contributed by atoms with Gasteiger partial charge in [0.15, 0.2) is 5.82 Å². The number of nitrogens with two attached hydrogens (primary N) is 1. The number of aliphatic carboxylic acids is 2. The molecule has 3 heterocycles. The lowest BCUT2D eigenvalue weighted by Crippen LogP contribution is -2.51. The number of carbonyl (C=O) groups is 4. The van der Waals surface area contributed by atoms with Crippen molar-refractivity contribution in [3.63, 3.8) is 0 Å². The van der Waals surface area contributed by atoms with E-state index < -0.39 is 98.8 Å². The van der Waals surface area contributed by atoms with Crippen molar-refractivity contribution in [2.75, 3.05) is 25.9 Å². The lowest BCUT2D eigenvalue weighted by molar-refractivity contribution is -0.161. The molecule has 52 heavy (non-hydrogen) atoms. The first-order valence-electron chi connectivity index (χ1n) is 15.6. The molecule has 1 fully saturated rings. The van der Waals surface area contributed by atoms with Gasteiger partial charge < -0.3 is 39.6 Å². The summed E-state index contributed by atoms with van der Waals surface area (Å²) in [5.74, 6) is -5.62. The summed E-state index contributed by atoms with van der Waals surface area (Å²) in [4.78, 5) is 53.6. The third kappa shape index (κ3) is 9.03. The van der Waals surface area contributed by atoms with Gasteiger partial charge >= 0.3 is 32.1 Å². The van der Waals surface area contributed by atoms with Gasteiger partial charge in [0.25, 0.3) is 0 Å². The summed E-state index contributed by atoms with van der Waals surface area (Å²) in [6, 6.07) is 3.58. The van der Waals surface area contributed by atoms with Crippen LogP contribution < -0.4 is 5.73 Å². The summed E-state index contributed by atoms with van der Waals surface area (Å²) in [6.45, 7) is 8.45. The summed E-state index contributed by atoms with van der Waals surface area (Å²) in [5.41, 5.74) is 0.390. The Morgan fingerprint density at radius 2 is 1.54 bits per heavy atom. The number of carbonyl (C=O) groups excluding carboxylic acids is 2. The number of anilines is 1. The van der Waals surface area contributed by atoms with Gasteiger partial charge in [0.1, 0.15) is 17.9 Å². The van der Waals surface area contributed by atoms with E-state index in [-0.39, 0.29) is 17.0 Å². The molecule has 22 heteroatoms. The van der Waals surface area contributed by atoms with Gasteiger partial charge in [-0.15, -0.1) is 0 Å². The molecule has 4 N–H and O–H groups in total. The summed E-state index contributed by atoms with van der Waals surface area (Å²) in [5, 5.41) is 36.2. The summed E-state index contributed by atoms with van der Waals surface area (Å²) < 4.78 is 57.1. The minimum atomic E-state index is -4.93. The van der Waals surface area contributed by atoms with Gasteiger partial charge in [-0.1, -0.05) is 0 Å². The van der Waals surface area contributed by atoms with Crippen LogP contribution in [0.15, 0.2) is 12.4 Å². The molecule has 1 aliphatic rings. The lowest BCUT2D eigenvalue weighted by Gasteiger charge is -2.42. The number of rotatable bonds is 16. The first kappa shape index (κ1) is 42.6. The molecule has 0 radical (unpaired) electrons. The third-order valence-corrected chi connectivity index (χ3v) is 10.3. The number of hydrogen-bond donors (Lipinski definition) is 3. The van der Waals surface area contributed by atoms with E-state index in [1.807, 2.05) is 22.6 Å². The van der Waals surface area contributed by atoms with Gasteiger partial charge in [0, 0.05) is 15.4 Å². The second-order valence-electron chi connectivity index (χ2n) is 13.2. The maximum Gasteiger partial charge on any atom is 0.510 e. The number of nitrogens with zero attached hydrogens (tertiary/aromatic N) is 4. The van der Waals surface area contributed by atoms with Crippen molar-refractivity contribution in [2.24, 2.45) is 22.7 Å². The fourth-order valence-electron chi connectivity index (χ4n) is 5.77. The summed E-state index contributed by atoms with van der Waals surface area (Å²) >= 11 is 1.93. The van der Waals surface area contributed by atoms with Gasteiger partial charge in [-0.3, -0.25) is 14.1 Å². The minimum absolute atomic E-state index is 0.00123. The van der Waals surface area contributed by atoms with Crippen LogP contribution in [0, 0.1) is 37.6 Å². The van der Waals surface area contributed by atoms with E-state index in [1.54, 1.807) is 27.7 Å². The number of aromatic nitrogens is 3. The Bertz CT molecular complexity index is 1730. The predicted molar refractivity (Wildman–Crippen MR) is 183 cm³/mol. The summed E-state index contributed by atoms with van der Waals surface area (Å²) in [7, 11) is -4.93. The van der Waals surface area contributed by atoms with Crippen LogP contribution in [0.25, 0.3) is 5.52 Å². The van der Waals surface area contributed by atoms with E-state index in [1.165, 1.54) is 38.3 Å². The fraction of sp³-hybridized carbons (Fsp3) is 0.633. The van der Waals surface area contributed by atoms with E-state index in [9.17, 15) is 39.2 Å². The standard InChI is InChI=1S/C30H41IN5O15P/c1-15(2)49-26(41)44-13-47-52(43,48-14-45-27(42)50-16(3)4)46-10-18-20(28(5,6)24(37)38)22(29(7,8)25(39)40)30(11-32,51-18)19-9-17(31)21-23(33)34-12-35-36(19)21/h9,12,15-16,18,20,22H,10,13-14H2,1-8H3,(H,37,38)(H,39,40)(H2,33,34,35)/t18-,20+,22+,30-/m0/s1. The zero-order valence-electron chi connectivity index (χ0n) is 29.6. The Hall–Kier alpha value is -3.81. The minimum Gasteiger partial charge on any atom is -0.481 e. The number of fused-ring (bicyclic) bond motifs is 1. The fourth-order valence-corrected chi connectivity index (χ4v) is 7.49. The highest BCUT2D eigenvalue weighted by molar-refractivity contribution is 14.1. The Balaban J connectivity index is 2.14. The average molecular weight is 870 g/mol. The van der Waals surface area contributed by atoms with Gasteiger partial charge in [-0.25, -0.2) is 32.7 Å². The van der Waals surface area contributed by atoms with Crippen molar-refractivity contribution in [2.45, 2.75) is 79.3 Å². The zero-order valence-corrected chi connectivity index (χ0v) is 32.6. The number of carboxylic acid groups (broad SMARTS) is 2. The number of nitriles is 1. The van der Waals surface area contributed by atoms with Gasteiger partial charge in [-0.05, 0) is 84.0 Å². The van der Waals surface area contributed by atoms with E-state index in [0.29, 0.717) is 3.57 Å². The van der Waals surface area contributed by atoms with Crippen LogP contribution in [0.5, 0.6) is 0 Å². The molecule has 4 atom stereocenters. The molecule has 20 nitrogen and oxygen atoms in total. The number of phosphoric acid groups is 1. The molecular weight excluding hydrogens is 828 g/mol. The Labute approximate surface area is 311 Å². The molecule has 1 saturated heterocycles. The molecule has 0 bridgehead atoms. The summed E-state index contributed by atoms with van der Waals surface area (Å²) in [6.07, 6.45) is -3.96. The normalized spacial score (nSPS) is 20.8. The van der Waals surface area contributed by atoms with Gasteiger partial charge in [0.05, 0.1) is 41.4 Å². The van der Waals surface area contributed by atoms with Crippen molar-refractivity contribution in [3.8, 4) is 6.07 Å².